The number of carbonyl (C=O) groups excluding carboxylic acids is 1. The molecule has 0 saturated heterocycles. The van der Waals surface area contributed by atoms with Gasteiger partial charge in [0.25, 0.3) is 5.56 Å². The van der Waals surface area contributed by atoms with Gasteiger partial charge in [0, 0.05) is 13.6 Å². The van der Waals surface area contributed by atoms with Crippen LogP contribution in [0.5, 0.6) is 0 Å². The summed E-state index contributed by atoms with van der Waals surface area (Å²) < 4.78 is 4.19. The quantitative estimate of drug-likeness (QED) is 0.752. The minimum atomic E-state index is -0.575. The van der Waals surface area contributed by atoms with E-state index >= 15 is 0 Å². The van der Waals surface area contributed by atoms with Crippen molar-refractivity contribution in [2.75, 3.05) is 11.6 Å². The number of allylic oxidation sites excluding steroid dienone is 2. The van der Waals surface area contributed by atoms with Gasteiger partial charge in [-0.15, -0.1) is 0 Å². The molecule has 0 unspecified atom stereocenters. The number of fused-ring (bicyclic) bond motifs is 3. The number of rotatable bonds is 4. The Morgan fingerprint density at radius 2 is 2.04 bits per heavy atom. The Morgan fingerprint density at radius 3 is 2.65 bits per heavy atom. The highest BCUT2D eigenvalue weighted by Crippen LogP contribution is 2.29. The maximum Gasteiger partial charge on any atom is 0.332 e. The number of primary amides is 1. The van der Waals surface area contributed by atoms with E-state index in [4.69, 9.17) is 5.73 Å². The summed E-state index contributed by atoms with van der Waals surface area (Å²) in [6, 6.07) is -0.250. The van der Waals surface area contributed by atoms with E-state index in [1.54, 1.807) is 30.7 Å². The van der Waals surface area contributed by atoms with Gasteiger partial charge in [-0.2, -0.15) is 10.1 Å². The third kappa shape index (κ3) is 2.54. The molecule has 0 aromatic carbocycles. The lowest BCUT2D eigenvalue weighted by Gasteiger charge is -2.28. The molecule has 1 aliphatic heterocycles. The van der Waals surface area contributed by atoms with E-state index in [2.05, 4.69) is 10.1 Å². The lowest BCUT2D eigenvalue weighted by molar-refractivity contribution is -0.116. The Hall–Kier alpha value is -3.17. The zero-order valence-electron chi connectivity index (χ0n) is 15.1. The Balaban J connectivity index is 2.38. The van der Waals surface area contributed by atoms with Crippen LogP contribution in [0.3, 0.4) is 0 Å². The second-order valence-corrected chi connectivity index (χ2v) is 6.22. The van der Waals surface area contributed by atoms with Crippen molar-refractivity contribution in [1.82, 2.24) is 18.7 Å². The Bertz CT molecular complexity index is 1070. The van der Waals surface area contributed by atoms with Gasteiger partial charge in [0.1, 0.15) is 6.54 Å². The van der Waals surface area contributed by atoms with E-state index < -0.39 is 17.2 Å². The summed E-state index contributed by atoms with van der Waals surface area (Å²) in [4.78, 5) is 41.4. The fourth-order valence-electron chi connectivity index (χ4n) is 3.01. The smallest absolute Gasteiger partial charge is 0.332 e. The number of hydrogen-bond donors (Lipinski definition) is 1. The van der Waals surface area contributed by atoms with Crippen molar-refractivity contribution < 1.29 is 4.79 Å². The fraction of sp³-hybridized carbons (Fsp3) is 0.438. The highest BCUT2D eigenvalue weighted by molar-refractivity contribution is 5.92. The maximum absolute atomic E-state index is 13.0. The number of carbonyl (C=O) groups is 1. The Labute approximate surface area is 148 Å². The van der Waals surface area contributed by atoms with Crippen molar-refractivity contribution in [3.8, 4) is 0 Å². The van der Waals surface area contributed by atoms with E-state index in [-0.39, 0.29) is 24.8 Å². The number of hydrazone groups is 1. The van der Waals surface area contributed by atoms with Crippen LogP contribution in [0.15, 0.2) is 26.8 Å². The van der Waals surface area contributed by atoms with Crippen molar-refractivity contribution in [2.45, 2.75) is 33.4 Å². The SMILES string of the molecule is C/C=C\Cn1c(=O)c2c(nc3n2[C@@H](C)C(C)=NN3CC(N)=O)n(C)c1=O. The predicted molar refractivity (Wildman–Crippen MR) is 98.4 cm³/mol. The summed E-state index contributed by atoms with van der Waals surface area (Å²) in [5.41, 5.74) is 5.66. The van der Waals surface area contributed by atoms with E-state index in [0.29, 0.717) is 17.2 Å². The molecule has 1 atom stereocenters. The number of nitrogens with two attached hydrogens (primary N) is 1. The van der Waals surface area contributed by atoms with Crippen LogP contribution in [0.25, 0.3) is 11.2 Å². The van der Waals surface area contributed by atoms with Gasteiger partial charge in [0.2, 0.25) is 11.9 Å². The van der Waals surface area contributed by atoms with Crippen LogP contribution >= 0.6 is 0 Å². The van der Waals surface area contributed by atoms with E-state index in [1.165, 1.54) is 9.58 Å². The van der Waals surface area contributed by atoms with Gasteiger partial charge in [0.15, 0.2) is 11.2 Å². The molecule has 0 radical (unpaired) electrons. The van der Waals surface area contributed by atoms with E-state index in [1.807, 2.05) is 13.8 Å². The lowest BCUT2D eigenvalue weighted by Crippen LogP contribution is -2.40. The molecule has 26 heavy (non-hydrogen) atoms. The first-order valence-corrected chi connectivity index (χ1v) is 8.21. The monoisotopic (exact) mass is 359 g/mol. The third-order valence-corrected chi connectivity index (χ3v) is 4.49. The van der Waals surface area contributed by atoms with Crippen molar-refractivity contribution >= 4 is 28.7 Å². The maximum atomic E-state index is 13.0. The first-order chi connectivity index (χ1) is 12.3. The second-order valence-electron chi connectivity index (χ2n) is 6.22. The van der Waals surface area contributed by atoms with Gasteiger partial charge < -0.3 is 5.73 Å². The summed E-state index contributed by atoms with van der Waals surface area (Å²) in [7, 11) is 1.56. The molecule has 0 spiro atoms. The van der Waals surface area contributed by atoms with Gasteiger partial charge >= 0.3 is 5.69 Å². The Morgan fingerprint density at radius 1 is 1.35 bits per heavy atom. The first kappa shape index (κ1) is 17.6. The molecule has 3 heterocycles. The molecule has 2 aromatic heterocycles. The van der Waals surface area contributed by atoms with Crippen LogP contribution in [0, 0.1) is 0 Å². The highest BCUT2D eigenvalue weighted by Gasteiger charge is 2.31. The molecule has 3 rings (SSSR count). The van der Waals surface area contributed by atoms with Crippen LogP contribution in [0.2, 0.25) is 0 Å². The number of imidazole rings is 1. The highest BCUT2D eigenvalue weighted by atomic mass is 16.2. The van der Waals surface area contributed by atoms with Gasteiger partial charge in [0.05, 0.1) is 11.8 Å². The molecule has 0 aliphatic carbocycles. The molecule has 1 aliphatic rings. The van der Waals surface area contributed by atoms with Crippen LogP contribution in [-0.4, -0.2) is 36.8 Å². The van der Waals surface area contributed by atoms with Crippen LogP contribution in [0.1, 0.15) is 26.8 Å². The zero-order valence-corrected chi connectivity index (χ0v) is 15.1. The standard InChI is InChI=1S/C16H21N7O3/c1-5-6-7-21-14(25)12-13(20(4)16(21)26)18-15-22(8-11(17)24)19-9(2)10(3)23(12)15/h5-6,10H,7-8H2,1-4H3,(H2,17,24)/b6-5-/t10-/m0/s1. The molecule has 10 nitrogen and oxygen atoms in total. The second kappa shape index (κ2) is 6.28. The molecule has 10 heteroatoms. The molecule has 2 aromatic rings. The van der Waals surface area contributed by atoms with Crippen molar-refractivity contribution in [3.05, 3.63) is 33.0 Å². The van der Waals surface area contributed by atoms with Crippen molar-refractivity contribution in [1.29, 1.82) is 0 Å². The number of nitrogens with zero attached hydrogens (tertiary/aromatic N) is 6. The topological polar surface area (TPSA) is 121 Å². The average Bonchev–Trinajstić information content (AvgIpc) is 2.98. The predicted octanol–water partition coefficient (Wildman–Crippen LogP) is -0.285. The van der Waals surface area contributed by atoms with E-state index in [9.17, 15) is 14.4 Å². The normalized spacial score (nSPS) is 17.0. The fourth-order valence-corrected chi connectivity index (χ4v) is 3.01. The van der Waals surface area contributed by atoms with Gasteiger partial charge in [-0.05, 0) is 20.8 Å². The van der Waals surface area contributed by atoms with Crippen LogP contribution in [-0.2, 0) is 18.4 Å². The number of anilines is 1. The molecule has 0 saturated carbocycles. The van der Waals surface area contributed by atoms with Crippen molar-refractivity contribution in [3.63, 3.8) is 0 Å². The molecular weight excluding hydrogens is 338 g/mol. The zero-order chi connectivity index (χ0) is 19.2. The van der Waals surface area contributed by atoms with Gasteiger partial charge in [-0.1, -0.05) is 12.2 Å². The molecule has 0 bridgehead atoms. The van der Waals surface area contributed by atoms with Crippen molar-refractivity contribution in [2.24, 2.45) is 17.9 Å². The Kier molecular flexibility index (Phi) is 4.26. The van der Waals surface area contributed by atoms with Gasteiger partial charge in [-0.25, -0.2) is 9.80 Å². The summed E-state index contributed by atoms with van der Waals surface area (Å²) in [6.45, 7) is 5.50. The van der Waals surface area contributed by atoms with Gasteiger partial charge in [-0.3, -0.25) is 23.3 Å². The summed E-state index contributed by atoms with van der Waals surface area (Å²) in [5, 5.41) is 5.71. The van der Waals surface area contributed by atoms with E-state index in [0.717, 1.165) is 4.57 Å². The minimum absolute atomic E-state index is 0.172. The number of aromatic nitrogens is 4. The molecule has 0 fully saturated rings. The third-order valence-electron chi connectivity index (χ3n) is 4.49. The molecule has 138 valence electrons. The van der Waals surface area contributed by atoms with Crippen LogP contribution < -0.4 is 22.0 Å². The first-order valence-electron chi connectivity index (χ1n) is 8.21. The molecular formula is C16H21N7O3. The number of hydrogen-bond acceptors (Lipinski definition) is 6. The summed E-state index contributed by atoms with van der Waals surface area (Å²) in [5.74, 6) is -0.262. The number of aryl methyl sites for hydroxylation is 1. The average molecular weight is 359 g/mol. The van der Waals surface area contributed by atoms with Crippen LogP contribution in [0.4, 0.5) is 5.95 Å². The largest absolute Gasteiger partial charge is 0.368 e. The summed E-state index contributed by atoms with van der Waals surface area (Å²) in [6.07, 6.45) is 3.51. The molecule has 2 N–H and O–H groups in total. The summed E-state index contributed by atoms with van der Waals surface area (Å²) >= 11 is 0. The lowest BCUT2D eigenvalue weighted by atomic mass is 10.2. The molecule has 1 amide bonds. The minimum Gasteiger partial charge on any atom is -0.368 e. The number of amides is 1.